The monoisotopic (exact) mass is 394 g/mol. The molecule has 140 valence electrons. The third-order valence-electron chi connectivity index (χ3n) is 3.99. The molecule has 0 aromatic heterocycles. The van der Waals surface area contributed by atoms with E-state index in [1.807, 2.05) is 0 Å². The largest absolute Gasteiger partial charge is 0.356 e. The average molecular weight is 395 g/mol. The van der Waals surface area contributed by atoms with Crippen molar-refractivity contribution in [2.75, 3.05) is 17.9 Å². The van der Waals surface area contributed by atoms with Gasteiger partial charge in [-0.1, -0.05) is 37.1 Å². The van der Waals surface area contributed by atoms with Crippen molar-refractivity contribution in [3.8, 4) is 0 Å². The molecule has 0 aliphatic rings. The van der Waals surface area contributed by atoms with E-state index in [4.69, 9.17) is 11.6 Å². The number of amides is 1. The van der Waals surface area contributed by atoms with Crippen LogP contribution in [0.2, 0.25) is 5.02 Å². The summed E-state index contributed by atoms with van der Waals surface area (Å²) in [6, 6.07) is 13.0. The Morgan fingerprint density at radius 2 is 1.69 bits per heavy atom. The smallest absolute Gasteiger partial charge is 0.264 e. The highest BCUT2D eigenvalue weighted by atomic mass is 35.5. The minimum Gasteiger partial charge on any atom is -0.356 e. The lowest BCUT2D eigenvalue weighted by atomic mass is 10.1. The summed E-state index contributed by atoms with van der Waals surface area (Å²) in [6.45, 7) is 2.75. The van der Waals surface area contributed by atoms with Gasteiger partial charge in [-0.3, -0.25) is 9.10 Å². The van der Waals surface area contributed by atoms with Crippen molar-refractivity contribution in [3.63, 3.8) is 0 Å². The molecule has 0 bridgehead atoms. The Kier molecular flexibility index (Phi) is 7.06. The Balaban J connectivity index is 2.07. The number of nitrogens with one attached hydrogen (secondary N) is 1. The molecule has 26 heavy (non-hydrogen) atoms. The quantitative estimate of drug-likeness (QED) is 0.695. The van der Waals surface area contributed by atoms with Gasteiger partial charge in [0.25, 0.3) is 10.0 Å². The molecule has 0 aliphatic heterocycles. The number of rotatable bonds is 8. The van der Waals surface area contributed by atoms with Crippen LogP contribution >= 0.6 is 11.6 Å². The second-order valence-electron chi connectivity index (χ2n) is 5.97. The fourth-order valence-electron chi connectivity index (χ4n) is 2.38. The van der Waals surface area contributed by atoms with Gasteiger partial charge in [0.15, 0.2) is 0 Å². The van der Waals surface area contributed by atoms with E-state index in [1.54, 1.807) is 36.4 Å². The first-order chi connectivity index (χ1) is 12.3. The van der Waals surface area contributed by atoms with Crippen LogP contribution in [0.15, 0.2) is 53.4 Å². The second kappa shape index (κ2) is 9.05. The maximum absolute atomic E-state index is 12.7. The molecule has 0 saturated carbocycles. The van der Waals surface area contributed by atoms with Gasteiger partial charge in [-0.25, -0.2) is 8.42 Å². The van der Waals surface area contributed by atoms with Crippen molar-refractivity contribution in [2.24, 2.45) is 0 Å². The Morgan fingerprint density at radius 1 is 1.08 bits per heavy atom. The van der Waals surface area contributed by atoms with E-state index in [-0.39, 0.29) is 17.2 Å². The number of unbranched alkanes of at least 4 members (excludes halogenated alkanes) is 1. The third kappa shape index (κ3) is 5.22. The van der Waals surface area contributed by atoms with Crippen molar-refractivity contribution >= 4 is 33.2 Å². The topological polar surface area (TPSA) is 66.5 Å². The van der Waals surface area contributed by atoms with E-state index in [0.717, 1.165) is 18.4 Å². The summed E-state index contributed by atoms with van der Waals surface area (Å²) in [7, 11) is -2.17. The highest BCUT2D eigenvalue weighted by molar-refractivity contribution is 7.92. The molecule has 1 amide bonds. The average Bonchev–Trinajstić information content (AvgIpc) is 2.62. The molecule has 5 nitrogen and oxygen atoms in total. The molecule has 0 radical (unpaired) electrons. The van der Waals surface area contributed by atoms with Gasteiger partial charge in [0.1, 0.15) is 0 Å². The highest BCUT2D eigenvalue weighted by Crippen LogP contribution is 2.23. The summed E-state index contributed by atoms with van der Waals surface area (Å²) in [5.41, 5.74) is 1.36. The van der Waals surface area contributed by atoms with E-state index in [2.05, 4.69) is 12.2 Å². The normalized spacial score (nSPS) is 11.2. The lowest BCUT2D eigenvalue weighted by molar-refractivity contribution is -0.120. The van der Waals surface area contributed by atoms with Gasteiger partial charge >= 0.3 is 0 Å². The van der Waals surface area contributed by atoms with Crippen LogP contribution in [0.1, 0.15) is 25.3 Å². The SMILES string of the molecule is CCCCNC(=O)Cc1ccc(N(C)S(=O)(=O)c2ccc(Cl)cc2)cc1. The van der Waals surface area contributed by atoms with Crippen molar-refractivity contribution < 1.29 is 13.2 Å². The zero-order valence-corrected chi connectivity index (χ0v) is 16.5. The van der Waals surface area contributed by atoms with E-state index >= 15 is 0 Å². The van der Waals surface area contributed by atoms with Crippen molar-refractivity contribution in [1.29, 1.82) is 0 Å². The number of sulfonamides is 1. The first-order valence-corrected chi connectivity index (χ1v) is 10.3. The van der Waals surface area contributed by atoms with Gasteiger partial charge < -0.3 is 5.32 Å². The Morgan fingerprint density at radius 3 is 2.27 bits per heavy atom. The molecule has 2 aromatic rings. The summed E-state index contributed by atoms with van der Waals surface area (Å²) >= 11 is 5.82. The summed E-state index contributed by atoms with van der Waals surface area (Å²) in [5, 5.41) is 3.34. The molecule has 2 rings (SSSR count). The molecule has 0 spiro atoms. The summed E-state index contributed by atoms with van der Waals surface area (Å²) in [5.74, 6) is -0.0339. The fraction of sp³-hybridized carbons (Fsp3) is 0.316. The van der Waals surface area contributed by atoms with Crippen LogP contribution in [-0.2, 0) is 21.2 Å². The lowest BCUT2D eigenvalue weighted by Crippen LogP contribution is -2.27. The van der Waals surface area contributed by atoms with Crippen LogP contribution in [-0.4, -0.2) is 27.9 Å². The number of nitrogens with zero attached hydrogens (tertiary/aromatic N) is 1. The number of hydrogen-bond acceptors (Lipinski definition) is 3. The minimum absolute atomic E-state index is 0.0339. The number of hydrogen-bond donors (Lipinski definition) is 1. The highest BCUT2D eigenvalue weighted by Gasteiger charge is 2.21. The van der Waals surface area contributed by atoms with Gasteiger partial charge in [0.2, 0.25) is 5.91 Å². The number of benzene rings is 2. The number of carbonyl (C=O) groups is 1. The van der Waals surface area contributed by atoms with Gasteiger partial charge in [-0.05, 0) is 48.4 Å². The molecule has 0 aliphatic carbocycles. The van der Waals surface area contributed by atoms with Crippen LogP contribution < -0.4 is 9.62 Å². The Bertz CT molecular complexity index is 834. The van der Waals surface area contributed by atoms with Gasteiger partial charge in [0, 0.05) is 18.6 Å². The zero-order chi connectivity index (χ0) is 19.2. The predicted molar refractivity (Wildman–Crippen MR) is 105 cm³/mol. The van der Waals surface area contributed by atoms with Crippen LogP contribution in [0, 0.1) is 0 Å². The number of halogens is 1. The second-order valence-corrected chi connectivity index (χ2v) is 8.38. The molecular formula is C19H23ClN2O3S. The van der Waals surface area contributed by atoms with E-state index in [0.29, 0.717) is 17.3 Å². The molecule has 0 unspecified atom stereocenters. The van der Waals surface area contributed by atoms with Gasteiger partial charge in [0.05, 0.1) is 17.0 Å². The molecular weight excluding hydrogens is 372 g/mol. The summed E-state index contributed by atoms with van der Waals surface area (Å²) in [4.78, 5) is 12.0. The van der Waals surface area contributed by atoms with Crippen LogP contribution in [0.25, 0.3) is 0 Å². The zero-order valence-electron chi connectivity index (χ0n) is 14.9. The maximum atomic E-state index is 12.7. The van der Waals surface area contributed by atoms with Gasteiger partial charge in [-0.15, -0.1) is 0 Å². The molecule has 0 atom stereocenters. The van der Waals surface area contributed by atoms with E-state index < -0.39 is 10.0 Å². The first-order valence-electron chi connectivity index (χ1n) is 8.44. The molecule has 2 aromatic carbocycles. The number of anilines is 1. The van der Waals surface area contributed by atoms with Crippen LogP contribution in [0.5, 0.6) is 0 Å². The molecule has 1 N–H and O–H groups in total. The van der Waals surface area contributed by atoms with E-state index in [1.165, 1.54) is 23.5 Å². The van der Waals surface area contributed by atoms with Crippen LogP contribution in [0.3, 0.4) is 0 Å². The fourth-order valence-corrected chi connectivity index (χ4v) is 3.70. The molecule has 7 heteroatoms. The lowest BCUT2D eigenvalue weighted by Gasteiger charge is -2.20. The van der Waals surface area contributed by atoms with Crippen LogP contribution in [0.4, 0.5) is 5.69 Å². The maximum Gasteiger partial charge on any atom is 0.264 e. The molecule has 0 heterocycles. The van der Waals surface area contributed by atoms with Gasteiger partial charge in [-0.2, -0.15) is 0 Å². The Labute approximate surface area is 160 Å². The van der Waals surface area contributed by atoms with Crippen molar-refractivity contribution in [1.82, 2.24) is 5.32 Å². The minimum atomic E-state index is -3.66. The summed E-state index contributed by atoms with van der Waals surface area (Å²) in [6.07, 6.45) is 2.26. The standard InChI is InChI=1S/C19H23ClN2O3S/c1-3-4-13-21-19(23)14-15-5-9-17(10-6-15)22(2)26(24,25)18-11-7-16(20)8-12-18/h5-12H,3-4,13-14H2,1-2H3,(H,21,23). The van der Waals surface area contributed by atoms with Crippen molar-refractivity contribution in [3.05, 3.63) is 59.1 Å². The summed E-state index contributed by atoms with van der Waals surface area (Å²) < 4.78 is 26.6. The predicted octanol–water partition coefficient (Wildman–Crippen LogP) is 3.62. The molecule has 0 fully saturated rings. The molecule has 0 saturated heterocycles. The third-order valence-corrected chi connectivity index (χ3v) is 6.04. The van der Waals surface area contributed by atoms with E-state index in [9.17, 15) is 13.2 Å². The van der Waals surface area contributed by atoms with Crippen molar-refractivity contribution in [2.45, 2.75) is 31.1 Å². The Hall–Kier alpha value is -2.05. The number of carbonyl (C=O) groups excluding carboxylic acids is 1. The first kappa shape index (κ1) is 20.3.